The first-order chi connectivity index (χ1) is 5.33. The molecule has 0 atom stereocenters. The third-order valence-electron chi connectivity index (χ3n) is 1.12. The number of benzene rings is 1. The smallest absolute Gasteiger partial charge is 0.0855 e. The van der Waals surface area contributed by atoms with Gasteiger partial charge >= 0.3 is 0 Å². The van der Waals surface area contributed by atoms with E-state index < -0.39 is 0 Å². The standard InChI is InChI=1S/C8H6BrNS/c9-7-1-3-8(4-2-7)11-6-5-10/h1-4H,6H2. The summed E-state index contributed by atoms with van der Waals surface area (Å²) in [4.78, 5) is 1.13. The highest BCUT2D eigenvalue weighted by atomic mass is 79.9. The molecule has 1 nitrogen and oxygen atoms in total. The maximum absolute atomic E-state index is 8.30. The van der Waals surface area contributed by atoms with Crippen molar-refractivity contribution in [3.05, 3.63) is 28.7 Å². The monoisotopic (exact) mass is 227 g/mol. The predicted octanol–water partition coefficient (Wildman–Crippen LogP) is 3.06. The molecule has 0 unspecified atom stereocenters. The Kier molecular flexibility index (Phi) is 3.47. The number of halogens is 1. The van der Waals surface area contributed by atoms with E-state index in [0.717, 1.165) is 9.37 Å². The summed E-state index contributed by atoms with van der Waals surface area (Å²) in [5.41, 5.74) is 0. The van der Waals surface area contributed by atoms with Crippen molar-refractivity contribution in [2.45, 2.75) is 4.90 Å². The average Bonchev–Trinajstić information content (AvgIpc) is 2.04. The average molecular weight is 228 g/mol. The van der Waals surface area contributed by atoms with Crippen molar-refractivity contribution in [3.8, 4) is 6.07 Å². The lowest BCUT2D eigenvalue weighted by Gasteiger charge is -1.95. The first-order valence-corrected chi connectivity index (χ1v) is 4.86. The highest BCUT2D eigenvalue weighted by Gasteiger charge is 1.91. The van der Waals surface area contributed by atoms with Crippen molar-refractivity contribution in [2.75, 3.05) is 5.75 Å². The molecule has 0 aliphatic carbocycles. The summed E-state index contributed by atoms with van der Waals surface area (Å²) in [5.74, 6) is 0.516. The van der Waals surface area contributed by atoms with Crippen molar-refractivity contribution in [2.24, 2.45) is 0 Å². The summed E-state index contributed by atoms with van der Waals surface area (Å²) >= 11 is 4.89. The summed E-state index contributed by atoms with van der Waals surface area (Å²) in [7, 11) is 0. The van der Waals surface area contributed by atoms with E-state index in [1.807, 2.05) is 24.3 Å². The molecule has 1 aromatic carbocycles. The Labute approximate surface area is 78.5 Å². The van der Waals surface area contributed by atoms with Crippen molar-refractivity contribution >= 4 is 27.7 Å². The van der Waals surface area contributed by atoms with Gasteiger partial charge in [-0.1, -0.05) is 15.9 Å². The Morgan fingerprint density at radius 2 is 2.00 bits per heavy atom. The van der Waals surface area contributed by atoms with Crippen LogP contribution in [0.3, 0.4) is 0 Å². The number of thioether (sulfide) groups is 1. The van der Waals surface area contributed by atoms with E-state index in [2.05, 4.69) is 22.0 Å². The van der Waals surface area contributed by atoms with Crippen LogP contribution in [0.25, 0.3) is 0 Å². The molecule has 0 bridgehead atoms. The molecular weight excluding hydrogens is 222 g/mol. The Bertz CT molecular complexity index is 262. The van der Waals surface area contributed by atoms with Crippen LogP contribution in [0.1, 0.15) is 0 Å². The minimum Gasteiger partial charge on any atom is -0.197 e. The lowest BCUT2D eigenvalue weighted by Crippen LogP contribution is -1.72. The van der Waals surface area contributed by atoms with Crippen molar-refractivity contribution in [1.82, 2.24) is 0 Å². The van der Waals surface area contributed by atoms with E-state index in [9.17, 15) is 0 Å². The lowest BCUT2D eigenvalue weighted by molar-refractivity contribution is 1.43. The number of rotatable bonds is 2. The molecule has 0 heterocycles. The van der Waals surface area contributed by atoms with Gasteiger partial charge in [-0.15, -0.1) is 11.8 Å². The van der Waals surface area contributed by atoms with Crippen molar-refractivity contribution in [1.29, 1.82) is 5.26 Å². The summed E-state index contributed by atoms with van der Waals surface area (Å²) < 4.78 is 1.07. The molecule has 0 saturated carbocycles. The summed E-state index contributed by atoms with van der Waals surface area (Å²) in [6, 6.07) is 10.0. The van der Waals surface area contributed by atoms with Gasteiger partial charge in [0, 0.05) is 9.37 Å². The van der Waals surface area contributed by atoms with Gasteiger partial charge in [0.25, 0.3) is 0 Å². The Balaban J connectivity index is 2.60. The summed E-state index contributed by atoms with van der Waals surface area (Å²) in [6.07, 6.45) is 0. The molecule has 0 amide bonds. The van der Waals surface area contributed by atoms with Crippen molar-refractivity contribution < 1.29 is 0 Å². The van der Waals surface area contributed by atoms with Crippen LogP contribution >= 0.6 is 27.7 Å². The lowest BCUT2D eigenvalue weighted by atomic mass is 10.4. The molecule has 3 heteroatoms. The highest BCUT2D eigenvalue weighted by molar-refractivity contribution is 9.10. The quantitative estimate of drug-likeness (QED) is 0.726. The first-order valence-electron chi connectivity index (χ1n) is 3.08. The fraction of sp³-hybridized carbons (Fsp3) is 0.125. The number of hydrogen-bond donors (Lipinski definition) is 0. The zero-order chi connectivity index (χ0) is 8.10. The van der Waals surface area contributed by atoms with E-state index in [4.69, 9.17) is 5.26 Å². The van der Waals surface area contributed by atoms with Crippen LogP contribution in [0.4, 0.5) is 0 Å². The minimum absolute atomic E-state index is 0.516. The molecule has 56 valence electrons. The molecule has 0 fully saturated rings. The first kappa shape index (κ1) is 8.63. The normalized spacial score (nSPS) is 9.09. The van der Waals surface area contributed by atoms with E-state index in [1.54, 1.807) is 11.8 Å². The van der Waals surface area contributed by atoms with Gasteiger partial charge in [-0.05, 0) is 24.3 Å². The maximum atomic E-state index is 8.30. The molecule has 1 aromatic rings. The van der Waals surface area contributed by atoms with E-state index in [0.29, 0.717) is 5.75 Å². The predicted molar refractivity (Wildman–Crippen MR) is 50.5 cm³/mol. The number of nitriles is 1. The molecule has 1 rings (SSSR count). The van der Waals surface area contributed by atoms with Crippen LogP contribution in [0.5, 0.6) is 0 Å². The second-order valence-electron chi connectivity index (χ2n) is 1.90. The zero-order valence-electron chi connectivity index (χ0n) is 5.75. The summed E-state index contributed by atoms with van der Waals surface area (Å²) in [6.45, 7) is 0. The Morgan fingerprint density at radius 3 is 2.55 bits per heavy atom. The summed E-state index contributed by atoms with van der Waals surface area (Å²) in [5, 5.41) is 8.30. The molecule has 11 heavy (non-hydrogen) atoms. The molecule has 0 aliphatic heterocycles. The van der Waals surface area contributed by atoms with E-state index in [-0.39, 0.29) is 0 Å². The van der Waals surface area contributed by atoms with E-state index in [1.165, 1.54) is 0 Å². The molecule has 0 aliphatic rings. The Hall–Kier alpha value is -0.460. The minimum atomic E-state index is 0.516. The fourth-order valence-corrected chi connectivity index (χ4v) is 1.47. The molecule has 0 N–H and O–H groups in total. The maximum Gasteiger partial charge on any atom is 0.0855 e. The van der Waals surface area contributed by atoms with Crippen LogP contribution in [0.2, 0.25) is 0 Å². The van der Waals surface area contributed by atoms with Crippen LogP contribution in [-0.2, 0) is 0 Å². The third kappa shape index (κ3) is 2.96. The second-order valence-corrected chi connectivity index (χ2v) is 3.87. The number of nitrogens with zero attached hydrogens (tertiary/aromatic N) is 1. The second kappa shape index (κ2) is 4.42. The topological polar surface area (TPSA) is 23.8 Å². The molecule has 0 radical (unpaired) electrons. The third-order valence-corrected chi connectivity index (χ3v) is 2.52. The zero-order valence-corrected chi connectivity index (χ0v) is 8.15. The van der Waals surface area contributed by atoms with Crippen LogP contribution < -0.4 is 0 Å². The largest absolute Gasteiger partial charge is 0.197 e. The van der Waals surface area contributed by atoms with Gasteiger partial charge in [-0.2, -0.15) is 5.26 Å². The van der Waals surface area contributed by atoms with Gasteiger partial charge < -0.3 is 0 Å². The fourth-order valence-electron chi connectivity index (χ4n) is 0.646. The van der Waals surface area contributed by atoms with Crippen LogP contribution in [0, 0.1) is 11.3 Å². The number of hydrogen-bond acceptors (Lipinski definition) is 2. The molecule has 0 saturated heterocycles. The van der Waals surface area contributed by atoms with Gasteiger partial charge in [-0.3, -0.25) is 0 Å². The van der Waals surface area contributed by atoms with Crippen LogP contribution in [-0.4, -0.2) is 5.75 Å². The van der Waals surface area contributed by atoms with Gasteiger partial charge in [-0.25, -0.2) is 0 Å². The SMILES string of the molecule is N#CCSc1ccc(Br)cc1. The van der Waals surface area contributed by atoms with Gasteiger partial charge in [0.1, 0.15) is 0 Å². The van der Waals surface area contributed by atoms with Gasteiger partial charge in [0.2, 0.25) is 0 Å². The molecule has 0 spiro atoms. The molecule has 0 aromatic heterocycles. The molecular formula is C8H6BrNS. The van der Waals surface area contributed by atoms with Crippen LogP contribution in [0.15, 0.2) is 33.6 Å². The Morgan fingerprint density at radius 1 is 1.36 bits per heavy atom. The van der Waals surface area contributed by atoms with E-state index >= 15 is 0 Å². The van der Waals surface area contributed by atoms with Crippen molar-refractivity contribution in [3.63, 3.8) is 0 Å². The highest BCUT2D eigenvalue weighted by Crippen LogP contribution is 2.19. The van der Waals surface area contributed by atoms with Gasteiger partial charge in [0.05, 0.1) is 11.8 Å². The van der Waals surface area contributed by atoms with Gasteiger partial charge in [0.15, 0.2) is 0 Å².